The number of aromatic hydroxyl groups is 1. The second-order valence-electron chi connectivity index (χ2n) is 11.5. The molecule has 2 fully saturated rings. The predicted molar refractivity (Wildman–Crippen MR) is 162 cm³/mol. The third kappa shape index (κ3) is 4.12. The van der Waals surface area contributed by atoms with Gasteiger partial charge in [0.15, 0.2) is 0 Å². The number of likely N-dealkylation sites (tertiary alicyclic amines) is 1. The minimum Gasteiger partial charge on any atom is -0.508 e. The summed E-state index contributed by atoms with van der Waals surface area (Å²) >= 11 is 0. The van der Waals surface area contributed by atoms with Crippen LogP contribution < -0.4 is 5.32 Å². The Hall–Kier alpha value is -4.95. The summed E-state index contributed by atoms with van der Waals surface area (Å²) in [5.41, 5.74) is 2.60. The molecule has 3 heterocycles. The van der Waals surface area contributed by atoms with Gasteiger partial charge in [0.05, 0.1) is 18.4 Å². The van der Waals surface area contributed by atoms with E-state index in [1.165, 1.54) is 17.0 Å². The average Bonchev–Trinajstić information content (AvgIpc) is 3.62. The monoisotopic (exact) mass is 573 g/mol. The van der Waals surface area contributed by atoms with Crippen molar-refractivity contribution in [3.63, 3.8) is 0 Å². The smallest absolute Gasteiger partial charge is 0.325 e. The van der Waals surface area contributed by atoms with Gasteiger partial charge in [-0.15, -0.1) is 0 Å². The van der Waals surface area contributed by atoms with Crippen molar-refractivity contribution in [2.24, 2.45) is 11.8 Å². The normalized spacial score (nSPS) is 23.4. The van der Waals surface area contributed by atoms with E-state index in [4.69, 9.17) is 0 Å². The molecule has 2 aliphatic heterocycles. The Balaban J connectivity index is 1.38. The van der Waals surface area contributed by atoms with Crippen molar-refractivity contribution in [3.8, 4) is 5.75 Å². The van der Waals surface area contributed by atoms with Crippen LogP contribution >= 0.6 is 0 Å². The summed E-state index contributed by atoms with van der Waals surface area (Å²) in [4.78, 5) is 42.8. The number of rotatable bonds is 7. The summed E-state index contributed by atoms with van der Waals surface area (Å²) in [5, 5.41) is 26.1. The largest absolute Gasteiger partial charge is 0.508 e. The topological polar surface area (TPSA) is 112 Å². The molecule has 2 saturated heterocycles. The molecule has 43 heavy (non-hydrogen) atoms. The lowest BCUT2D eigenvalue weighted by atomic mass is 9.76. The number of carboxylic acids is 1. The number of para-hydroxylation sites is 1. The highest BCUT2D eigenvalue weighted by atomic mass is 16.4. The lowest BCUT2D eigenvalue weighted by Gasteiger charge is -2.31. The number of hydrogen-bond donors (Lipinski definition) is 3. The van der Waals surface area contributed by atoms with E-state index in [-0.39, 0.29) is 24.6 Å². The molecule has 4 unspecified atom stereocenters. The molecule has 0 aliphatic carbocycles. The number of hydrogen-bond acceptors (Lipinski definition) is 5. The van der Waals surface area contributed by atoms with Gasteiger partial charge in [0, 0.05) is 40.8 Å². The Labute approximate surface area is 248 Å². The van der Waals surface area contributed by atoms with Gasteiger partial charge in [-0.05, 0) is 53.9 Å². The van der Waals surface area contributed by atoms with E-state index in [9.17, 15) is 24.6 Å². The molecule has 0 radical (unpaired) electrons. The Morgan fingerprint density at radius 3 is 2.26 bits per heavy atom. The van der Waals surface area contributed by atoms with Crippen LogP contribution in [0, 0.1) is 11.8 Å². The average molecular weight is 574 g/mol. The predicted octanol–water partition coefficient (Wildman–Crippen LogP) is 5.03. The van der Waals surface area contributed by atoms with Gasteiger partial charge in [0.1, 0.15) is 11.3 Å². The molecule has 2 amide bonds. The van der Waals surface area contributed by atoms with Crippen molar-refractivity contribution < 1.29 is 24.6 Å². The minimum absolute atomic E-state index is 0.0319. The van der Waals surface area contributed by atoms with Crippen molar-refractivity contribution in [1.82, 2.24) is 14.8 Å². The molecule has 0 bridgehead atoms. The Bertz CT molecular complexity index is 1900. The highest BCUT2D eigenvalue weighted by Gasteiger charge is 2.68. The number of imide groups is 1. The van der Waals surface area contributed by atoms with Gasteiger partial charge in [-0.3, -0.25) is 24.6 Å². The molecular formula is C35H31N3O5. The van der Waals surface area contributed by atoms with Crippen molar-refractivity contribution in [2.75, 3.05) is 0 Å². The summed E-state index contributed by atoms with van der Waals surface area (Å²) in [5.74, 6) is -4.01. The summed E-state index contributed by atoms with van der Waals surface area (Å²) in [6.07, 6.45) is -0.0319. The molecule has 7 rings (SSSR count). The van der Waals surface area contributed by atoms with Crippen LogP contribution in [0.25, 0.3) is 21.8 Å². The molecule has 3 N–H and O–H groups in total. The fraction of sp³-hybridized carbons (Fsp3) is 0.229. The number of carboxylic acid groups (broad SMARTS) is 1. The first-order valence-corrected chi connectivity index (χ1v) is 14.5. The molecule has 5 aromatic rings. The number of benzene rings is 4. The molecule has 8 nitrogen and oxygen atoms in total. The number of carbonyl (C=O) groups is 3. The number of nitrogens with one attached hydrogen (secondary N) is 1. The van der Waals surface area contributed by atoms with Crippen LogP contribution in [-0.4, -0.2) is 43.0 Å². The zero-order chi connectivity index (χ0) is 29.9. The van der Waals surface area contributed by atoms with E-state index < -0.39 is 35.3 Å². The Morgan fingerprint density at radius 2 is 1.53 bits per heavy atom. The van der Waals surface area contributed by atoms with Crippen LogP contribution in [0.4, 0.5) is 0 Å². The molecule has 0 saturated carbocycles. The van der Waals surface area contributed by atoms with E-state index in [0.29, 0.717) is 5.56 Å². The third-order valence-corrected chi connectivity index (χ3v) is 9.20. The van der Waals surface area contributed by atoms with Crippen molar-refractivity contribution in [1.29, 1.82) is 0 Å². The SMILES string of the molecule is CCn1c2ccccc2c2cc(C3NC(Cc4ccc(O)cc4)(C(=O)O)C4C(=O)N(Cc5ccccc5)C(=O)C34)ccc21. The Kier molecular flexibility index (Phi) is 6.32. The number of fused-ring (bicyclic) bond motifs is 4. The molecule has 216 valence electrons. The number of carbonyl (C=O) groups excluding carboxylic acids is 2. The van der Waals surface area contributed by atoms with Crippen molar-refractivity contribution >= 4 is 39.6 Å². The molecule has 8 heteroatoms. The maximum Gasteiger partial charge on any atom is 0.325 e. The number of aliphatic carboxylic acids is 1. The van der Waals surface area contributed by atoms with E-state index in [2.05, 4.69) is 28.9 Å². The van der Waals surface area contributed by atoms with Crippen molar-refractivity contribution in [3.05, 3.63) is 114 Å². The minimum atomic E-state index is -1.74. The molecular weight excluding hydrogens is 542 g/mol. The van der Waals surface area contributed by atoms with Gasteiger partial charge in [-0.2, -0.15) is 0 Å². The van der Waals surface area contributed by atoms with E-state index in [0.717, 1.165) is 39.5 Å². The van der Waals surface area contributed by atoms with Gasteiger partial charge in [-0.1, -0.05) is 66.7 Å². The van der Waals surface area contributed by atoms with Gasteiger partial charge >= 0.3 is 5.97 Å². The summed E-state index contributed by atoms with van der Waals surface area (Å²) in [6, 6.07) is 29.0. The first-order valence-electron chi connectivity index (χ1n) is 14.5. The molecule has 4 aromatic carbocycles. The van der Waals surface area contributed by atoms with E-state index in [1.54, 1.807) is 12.1 Å². The standard InChI is InChI=1S/C35H31N3O5/c1-2-37-27-11-7-6-10-25(27)26-18-23(14-17-28(26)37)31-29-30(33(41)38(32(29)40)20-22-8-4-3-5-9-22)35(36-31,34(42)43)19-21-12-15-24(39)16-13-21/h3-18,29-31,36,39H,2,19-20H2,1H3,(H,42,43). The second kappa shape index (κ2) is 10.1. The molecule has 0 spiro atoms. The number of aromatic nitrogens is 1. The zero-order valence-corrected chi connectivity index (χ0v) is 23.6. The summed E-state index contributed by atoms with van der Waals surface area (Å²) in [7, 11) is 0. The molecule has 4 atom stereocenters. The quantitative estimate of drug-likeness (QED) is 0.236. The van der Waals surface area contributed by atoms with Crippen LogP contribution in [0.2, 0.25) is 0 Å². The maximum absolute atomic E-state index is 14.2. The van der Waals surface area contributed by atoms with Gasteiger partial charge in [0.2, 0.25) is 11.8 Å². The van der Waals surface area contributed by atoms with Gasteiger partial charge in [-0.25, -0.2) is 0 Å². The fourth-order valence-corrected chi connectivity index (χ4v) is 7.25. The fourth-order valence-electron chi connectivity index (χ4n) is 7.25. The van der Waals surface area contributed by atoms with Crippen LogP contribution in [-0.2, 0) is 33.9 Å². The van der Waals surface area contributed by atoms with E-state index >= 15 is 0 Å². The third-order valence-electron chi connectivity index (χ3n) is 9.20. The maximum atomic E-state index is 14.2. The lowest BCUT2D eigenvalue weighted by Crippen LogP contribution is -2.57. The highest BCUT2D eigenvalue weighted by Crippen LogP contribution is 2.51. The zero-order valence-electron chi connectivity index (χ0n) is 23.6. The van der Waals surface area contributed by atoms with Crippen LogP contribution in [0.3, 0.4) is 0 Å². The molecule has 1 aromatic heterocycles. The lowest BCUT2D eigenvalue weighted by molar-refractivity contribution is -0.151. The first-order chi connectivity index (χ1) is 20.8. The van der Waals surface area contributed by atoms with Crippen LogP contribution in [0.1, 0.15) is 29.7 Å². The first kappa shape index (κ1) is 26.9. The Morgan fingerprint density at radius 1 is 0.837 bits per heavy atom. The van der Waals surface area contributed by atoms with Crippen LogP contribution in [0.5, 0.6) is 5.75 Å². The van der Waals surface area contributed by atoms with Crippen molar-refractivity contribution in [2.45, 2.75) is 38.0 Å². The number of phenolic OH excluding ortho intramolecular Hbond substituents is 1. The van der Waals surface area contributed by atoms with E-state index in [1.807, 2.05) is 60.7 Å². The second-order valence-corrected chi connectivity index (χ2v) is 11.5. The van der Waals surface area contributed by atoms with Gasteiger partial charge < -0.3 is 14.8 Å². The number of phenols is 1. The summed E-state index contributed by atoms with van der Waals surface area (Å²) < 4.78 is 2.23. The number of amides is 2. The summed E-state index contributed by atoms with van der Waals surface area (Å²) in [6.45, 7) is 2.96. The number of aryl methyl sites for hydroxylation is 1. The highest BCUT2D eigenvalue weighted by molar-refractivity contribution is 6.10. The van der Waals surface area contributed by atoms with Gasteiger partial charge in [0.25, 0.3) is 0 Å². The number of nitrogens with zero attached hydrogens (tertiary/aromatic N) is 2. The molecule has 2 aliphatic rings. The van der Waals surface area contributed by atoms with Crippen LogP contribution in [0.15, 0.2) is 97.1 Å².